The van der Waals surface area contributed by atoms with E-state index in [4.69, 9.17) is 10.5 Å². The summed E-state index contributed by atoms with van der Waals surface area (Å²) in [6.07, 6.45) is 0. The number of halogens is 2. The van der Waals surface area contributed by atoms with E-state index in [0.29, 0.717) is 4.47 Å². The fourth-order valence-corrected chi connectivity index (χ4v) is 1.75. The van der Waals surface area contributed by atoms with Crippen molar-refractivity contribution in [1.29, 1.82) is 0 Å². The second kappa shape index (κ2) is 4.97. The van der Waals surface area contributed by atoms with Crippen LogP contribution in [0.4, 0.5) is 4.39 Å². The summed E-state index contributed by atoms with van der Waals surface area (Å²) in [4.78, 5) is 12.0. The third-order valence-electron chi connectivity index (χ3n) is 2.31. The average Bonchev–Trinajstić information content (AvgIpc) is 2.19. The fourth-order valence-electron chi connectivity index (χ4n) is 1.39. The molecule has 18 heavy (non-hydrogen) atoms. The molecule has 0 amide bonds. The van der Waals surface area contributed by atoms with Crippen LogP contribution >= 0.6 is 15.9 Å². The Labute approximate surface area is 115 Å². The molecule has 0 aliphatic heterocycles. The molecule has 0 aromatic heterocycles. The molecule has 1 aromatic carbocycles. The molecule has 0 spiro atoms. The smallest absolute Gasteiger partial charge is 0.331 e. The van der Waals surface area contributed by atoms with E-state index >= 15 is 0 Å². The van der Waals surface area contributed by atoms with Crippen molar-refractivity contribution in [3.05, 3.63) is 34.1 Å². The topological polar surface area (TPSA) is 52.3 Å². The molecule has 1 unspecified atom stereocenters. The molecule has 1 rings (SSSR count). The van der Waals surface area contributed by atoms with E-state index in [1.54, 1.807) is 26.8 Å². The Morgan fingerprint density at radius 1 is 1.33 bits per heavy atom. The van der Waals surface area contributed by atoms with Gasteiger partial charge in [0.25, 0.3) is 0 Å². The highest BCUT2D eigenvalue weighted by Crippen LogP contribution is 2.27. The Morgan fingerprint density at radius 2 is 1.89 bits per heavy atom. The van der Waals surface area contributed by atoms with Crippen LogP contribution in [-0.2, 0) is 15.1 Å². The Kier molecular flexibility index (Phi) is 4.18. The van der Waals surface area contributed by atoms with Gasteiger partial charge in [-0.1, -0.05) is 15.9 Å². The zero-order valence-corrected chi connectivity index (χ0v) is 12.5. The lowest BCUT2D eigenvalue weighted by Gasteiger charge is -2.29. The van der Waals surface area contributed by atoms with Gasteiger partial charge in [0, 0.05) is 10.0 Å². The van der Waals surface area contributed by atoms with Crippen LogP contribution in [0.5, 0.6) is 0 Å². The highest BCUT2D eigenvalue weighted by molar-refractivity contribution is 9.10. The van der Waals surface area contributed by atoms with Crippen molar-refractivity contribution in [2.45, 2.75) is 38.8 Å². The number of hydrogen-bond acceptors (Lipinski definition) is 3. The summed E-state index contributed by atoms with van der Waals surface area (Å²) in [5.74, 6) is -1.19. The second-order valence-electron chi connectivity index (χ2n) is 5.33. The van der Waals surface area contributed by atoms with Crippen molar-refractivity contribution in [1.82, 2.24) is 0 Å². The van der Waals surface area contributed by atoms with Crippen LogP contribution in [0.2, 0.25) is 0 Å². The number of carbonyl (C=O) groups is 1. The molecule has 0 aliphatic carbocycles. The zero-order valence-electron chi connectivity index (χ0n) is 10.9. The Morgan fingerprint density at radius 3 is 2.39 bits per heavy atom. The van der Waals surface area contributed by atoms with E-state index in [9.17, 15) is 9.18 Å². The summed E-state index contributed by atoms with van der Waals surface area (Å²) in [7, 11) is 0. The number of carbonyl (C=O) groups excluding carboxylic acids is 1. The van der Waals surface area contributed by atoms with Crippen molar-refractivity contribution in [2.75, 3.05) is 0 Å². The fraction of sp³-hybridized carbons (Fsp3) is 0.462. The lowest BCUT2D eigenvalue weighted by Crippen LogP contribution is -2.46. The first kappa shape index (κ1) is 15.1. The maximum Gasteiger partial charge on any atom is 0.331 e. The molecule has 0 aliphatic rings. The molecule has 1 atom stereocenters. The average molecular weight is 318 g/mol. The van der Waals surface area contributed by atoms with Gasteiger partial charge < -0.3 is 10.5 Å². The molecule has 0 bridgehead atoms. The summed E-state index contributed by atoms with van der Waals surface area (Å²) < 4.78 is 19.6. The minimum atomic E-state index is -1.53. The van der Waals surface area contributed by atoms with Crippen molar-refractivity contribution in [3.8, 4) is 0 Å². The lowest BCUT2D eigenvalue weighted by atomic mass is 9.92. The van der Waals surface area contributed by atoms with Gasteiger partial charge in [0.15, 0.2) is 0 Å². The number of benzene rings is 1. The van der Waals surface area contributed by atoms with Gasteiger partial charge >= 0.3 is 5.97 Å². The van der Waals surface area contributed by atoms with Crippen molar-refractivity contribution >= 4 is 21.9 Å². The molecule has 0 fully saturated rings. The molecule has 5 heteroatoms. The van der Waals surface area contributed by atoms with Crippen LogP contribution in [0.3, 0.4) is 0 Å². The van der Waals surface area contributed by atoms with Crippen molar-refractivity contribution in [3.63, 3.8) is 0 Å². The Hall–Kier alpha value is -0.940. The Bertz CT molecular complexity index is 467. The number of rotatable bonds is 2. The number of hydrogen-bond donors (Lipinski definition) is 1. The monoisotopic (exact) mass is 317 g/mol. The summed E-state index contributed by atoms with van der Waals surface area (Å²) in [6.45, 7) is 6.64. The first-order valence-electron chi connectivity index (χ1n) is 5.52. The van der Waals surface area contributed by atoms with Gasteiger partial charge in [-0.05, 0) is 45.9 Å². The molecular weight excluding hydrogens is 301 g/mol. The summed E-state index contributed by atoms with van der Waals surface area (Å²) in [5.41, 5.74) is 3.83. The van der Waals surface area contributed by atoms with Gasteiger partial charge in [-0.15, -0.1) is 0 Å². The number of esters is 1. The molecule has 100 valence electrons. The van der Waals surface area contributed by atoms with Gasteiger partial charge in [0.1, 0.15) is 17.0 Å². The van der Waals surface area contributed by atoms with Gasteiger partial charge in [-0.25, -0.2) is 9.18 Å². The van der Waals surface area contributed by atoms with Gasteiger partial charge in [-0.2, -0.15) is 0 Å². The predicted octanol–water partition coefficient (Wildman–Crippen LogP) is 3.10. The third-order valence-corrected chi connectivity index (χ3v) is 2.80. The highest BCUT2D eigenvalue weighted by Gasteiger charge is 2.37. The van der Waals surface area contributed by atoms with Crippen LogP contribution in [0.15, 0.2) is 22.7 Å². The minimum Gasteiger partial charge on any atom is -0.458 e. The lowest BCUT2D eigenvalue weighted by molar-refractivity contribution is -0.161. The molecule has 3 nitrogen and oxygen atoms in total. The van der Waals surface area contributed by atoms with Crippen LogP contribution in [-0.4, -0.2) is 11.6 Å². The van der Waals surface area contributed by atoms with E-state index in [1.807, 2.05) is 0 Å². The molecular formula is C13H17BrFNO2. The minimum absolute atomic E-state index is 0.103. The highest BCUT2D eigenvalue weighted by atomic mass is 79.9. The zero-order chi connectivity index (χ0) is 14.1. The maximum absolute atomic E-state index is 13.7. The van der Waals surface area contributed by atoms with Crippen LogP contribution < -0.4 is 5.73 Å². The summed E-state index contributed by atoms with van der Waals surface area (Å²) in [6, 6.07) is 4.29. The maximum atomic E-state index is 13.7. The number of nitrogens with two attached hydrogens (primary N) is 1. The molecule has 0 saturated heterocycles. The molecule has 1 aromatic rings. The summed E-state index contributed by atoms with van der Waals surface area (Å²) >= 11 is 3.22. The van der Waals surface area contributed by atoms with E-state index < -0.39 is 22.9 Å². The molecule has 0 heterocycles. The summed E-state index contributed by atoms with van der Waals surface area (Å²) in [5, 5.41) is 0. The molecule has 0 saturated carbocycles. The van der Waals surface area contributed by atoms with Crippen molar-refractivity contribution < 1.29 is 13.9 Å². The van der Waals surface area contributed by atoms with Crippen LogP contribution in [0.1, 0.15) is 33.3 Å². The standard InChI is InChI=1S/C13H17BrFNO2/c1-12(2,3)18-11(17)13(4,16)9-7-8(14)5-6-10(9)15/h5-7H,16H2,1-4H3. The Balaban J connectivity index is 3.12. The van der Waals surface area contributed by atoms with Crippen LogP contribution in [0, 0.1) is 5.82 Å². The van der Waals surface area contributed by atoms with E-state index in [-0.39, 0.29) is 5.56 Å². The third kappa shape index (κ3) is 3.53. The van der Waals surface area contributed by atoms with Gasteiger partial charge in [0.2, 0.25) is 0 Å². The second-order valence-corrected chi connectivity index (χ2v) is 6.24. The normalized spacial score (nSPS) is 15.1. The molecule has 0 radical (unpaired) electrons. The van der Waals surface area contributed by atoms with Gasteiger partial charge in [-0.3, -0.25) is 0 Å². The van der Waals surface area contributed by atoms with Crippen molar-refractivity contribution in [2.24, 2.45) is 5.73 Å². The largest absolute Gasteiger partial charge is 0.458 e. The SMILES string of the molecule is CC(C)(C)OC(=O)C(C)(N)c1cc(Br)ccc1F. The number of ether oxygens (including phenoxy) is 1. The quantitative estimate of drug-likeness (QED) is 0.853. The van der Waals surface area contributed by atoms with E-state index in [2.05, 4.69) is 15.9 Å². The first-order valence-corrected chi connectivity index (χ1v) is 6.31. The van der Waals surface area contributed by atoms with Gasteiger partial charge in [0.05, 0.1) is 0 Å². The predicted molar refractivity (Wildman–Crippen MR) is 71.5 cm³/mol. The first-order chi connectivity index (χ1) is 8.04. The van der Waals surface area contributed by atoms with E-state index in [1.165, 1.54) is 19.1 Å². The van der Waals surface area contributed by atoms with Crippen LogP contribution in [0.25, 0.3) is 0 Å². The van der Waals surface area contributed by atoms with E-state index in [0.717, 1.165) is 0 Å². The molecule has 2 N–H and O–H groups in total.